The first kappa shape index (κ1) is 12.4. The van der Waals surface area contributed by atoms with Gasteiger partial charge in [0.05, 0.1) is 7.11 Å². The van der Waals surface area contributed by atoms with Crippen LogP contribution < -0.4 is 10.5 Å². The molecule has 0 bridgehead atoms. The van der Waals surface area contributed by atoms with Gasteiger partial charge in [0.15, 0.2) is 0 Å². The molecule has 94 valence electrons. The predicted octanol–water partition coefficient (Wildman–Crippen LogP) is 2.01. The topological polar surface area (TPSA) is 38.5 Å². The van der Waals surface area contributed by atoms with Crippen molar-refractivity contribution in [3.05, 3.63) is 29.8 Å². The molecular formula is C14H22N2O. The van der Waals surface area contributed by atoms with Crippen LogP contribution in [0.2, 0.25) is 0 Å². The van der Waals surface area contributed by atoms with E-state index in [-0.39, 0.29) is 0 Å². The van der Waals surface area contributed by atoms with Crippen LogP contribution in [0.4, 0.5) is 0 Å². The smallest absolute Gasteiger partial charge is 0.119 e. The molecule has 3 nitrogen and oxygen atoms in total. The van der Waals surface area contributed by atoms with Gasteiger partial charge in [0.1, 0.15) is 5.75 Å². The Bertz CT molecular complexity index is 350. The molecular weight excluding hydrogens is 212 g/mol. The third kappa shape index (κ3) is 3.72. The molecule has 0 radical (unpaired) electrons. The summed E-state index contributed by atoms with van der Waals surface area (Å²) < 4.78 is 5.26. The number of nitrogens with zero attached hydrogens (tertiary/aromatic N) is 1. The molecule has 1 aromatic rings. The van der Waals surface area contributed by atoms with E-state index in [4.69, 9.17) is 10.5 Å². The molecule has 0 unspecified atom stereocenters. The van der Waals surface area contributed by atoms with Gasteiger partial charge in [-0.1, -0.05) is 12.1 Å². The molecule has 0 amide bonds. The van der Waals surface area contributed by atoms with E-state index in [1.54, 1.807) is 7.11 Å². The summed E-state index contributed by atoms with van der Waals surface area (Å²) in [6.45, 7) is 2.90. The Balaban J connectivity index is 1.95. The molecule has 0 heterocycles. The number of nitrogens with two attached hydrogens (primary N) is 1. The minimum atomic E-state index is 0.779. The van der Waals surface area contributed by atoms with E-state index in [2.05, 4.69) is 23.1 Å². The molecule has 0 aliphatic heterocycles. The predicted molar refractivity (Wildman–Crippen MR) is 70.1 cm³/mol. The highest BCUT2D eigenvalue weighted by Crippen LogP contribution is 2.28. The van der Waals surface area contributed by atoms with E-state index in [9.17, 15) is 0 Å². The molecule has 2 N–H and O–H groups in total. The fraction of sp³-hybridized carbons (Fsp3) is 0.571. The van der Waals surface area contributed by atoms with E-state index in [1.165, 1.54) is 18.4 Å². The minimum Gasteiger partial charge on any atom is -0.497 e. The van der Waals surface area contributed by atoms with Gasteiger partial charge < -0.3 is 10.5 Å². The van der Waals surface area contributed by atoms with Crippen molar-refractivity contribution in [2.45, 2.75) is 31.8 Å². The fourth-order valence-electron chi connectivity index (χ4n) is 2.13. The first-order valence-electron chi connectivity index (χ1n) is 6.40. The van der Waals surface area contributed by atoms with Crippen LogP contribution in [0.15, 0.2) is 24.3 Å². The lowest BCUT2D eigenvalue weighted by atomic mass is 10.2. The van der Waals surface area contributed by atoms with Crippen molar-refractivity contribution in [2.75, 3.05) is 20.2 Å². The molecule has 1 fully saturated rings. The van der Waals surface area contributed by atoms with Crippen LogP contribution in [0.3, 0.4) is 0 Å². The Morgan fingerprint density at radius 3 is 2.88 bits per heavy atom. The van der Waals surface area contributed by atoms with Gasteiger partial charge in [-0.2, -0.15) is 0 Å². The summed E-state index contributed by atoms with van der Waals surface area (Å²) in [5.41, 5.74) is 6.92. The average molecular weight is 234 g/mol. The second-order valence-corrected chi connectivity index (χ2v) is 4.70. The maximum absolute atomic E-state index is 5.59. The summed E-state index contributed by atoms with van der Waals surface area (Å²) in [6, 6.07) is 9.12. The standard InChI is InChI=1S/C14H22N2O/c1-17-14-5-2-4-12(10-14)11-16(9-3-8-15)13-6-7-13/h2,4-5,10,13H,3,6-9,11,15H2,1H3. The number of ether oxygens (including phenoxy) is 1. The van der Waals surface area contributed by atoms with Crippen LogP contribution in [0, 0.1) is 0 Å². The molecule has 0 aromatic heterocycles. The highest BCUT2D eigenvalue weighted by Gasteiger charge is 2.28. The van der Waals surface area contributed by atoms with Crippen LogP contribution >= 0.6 is 0 Å². The van der Waals surface area contributed by atoms with Crippen molar-refractivity contribution in [2.24, 2.45) is 5.73 Å². The lowest BCUT2D eigenvalue weighted by molar-refractivity contribution is 0.252. The van der Waals surface area contributed by atoms with Crippen molar-refractivity contribution in [1.82, 2.24) is 4.90 Å². The van der Waals surface area contributed by atoms with Crippen molar-refractivity contribution in [1.29, 1.82) is 0 Å². The van der Waals surface area contributed by atoms with Crippen molar-refractivity contribution in [3.8, 4) is 5.75 Å². The van der Waals surface area contributed by atoms with E-state index in [1.807, 2.05) is 6.07 Å². The largest absolute Gasteiger partial charge is 0.497 e. The Morgan fingerprint density at radius 2 is 2.24 bits per heavy atom. The number of methoxy groups -OCH3 is 1. The van der Waals surface area contributed by atoms with Gasteiger partial charge in [-0.15, -0.1) is 0 Å². The highest BCUT2D eigenvalue weighted by molar-refractivity contribution is 5.28. The van der Waals surface area contributed by atoms with Gasteiger partial charge >= 0.3 is 0 Å². The molecule has 2 rings (SSSR count). The summed E-state index contributed by atoms with van der Waals surface area (Å²) in [5.74, 6) is 0.942. The summed E-state index contributed by atoms with van der Waals surface area (Å²) in [6.07, 6.45) is 3.77. The summed E-state index contributed by atoms with van der Waals surface area (Å²) in [4.78, 5) is 2.54. The molecule has 3 heteroatoms. The van der Waals surface area contributed by atoms with Gasteiger partial charge in [-0.25, -0.2) is 0 Å². The molecule has 1 aromatic carbocycles. The summed E-state index contributed by atoms with van der Waals surface area (Å²) in [5, 5.41) is 0. The lowest BCUT2D eigenvalue weighted by Crippen LogP contribution is -2.28. The Hall–Kier alpha value is -1.06. The molecule has 1 saturated carbocycles. The van der Waals surface area contributed by atoms with Crippen molar-refractivity contribution < 1.29 is 4.74 Å². The van der Waals surface area contributed by atoms with E-state index < -0.39 is 0 Å². The third-order valence-electron chi connectivity index (χ3n) is 3.23. The quantitative estimate of drug-likeness (QED) is 0.784. The van der Waals surface area contributed by atoms with E-state index >= 15 is 0 Å². The number of benzene rings is 1. The zero-order valence-corrected chi connectivity index (χ0v) is 10.6. The maximum atomic E-state index is 5.59. The molecule has 0 saturated heterocycles. The second kappa shape index (κ2) is 6.03. The summed E-state index contributed by atoms with van der Waals surface area (Å²) >= 11 is 0. The number of rotatable bonds is 7. The van der Waals surface area contributed by atoms with Crippen LogP contribution in [-0.4, -0.2) is 31.1 Å². The minimum absolute atomic E-state index is 0.779. The van der Waals surface area contributed by atoms with Crippen LogP contribution in [0.1, 0.15) is 24.8 Å². The molecule has 17 heavy (non-hydrogen) atoms. The van der Waals surface area contributed by atoms with Gasteiger partial charge in [0.2, 0.25) is 0 Å². The number of hydrogen-bond donors (Lipinski definition) is 1. The van der Waals surface area contributed by atoms with Gasteiger partial charge in [0, 0.05) is 12.6 Å². The average Bonchev–Trinajstić information content (AvgIpc) is 3.19. The van der Waals surface area contributed by atoms with E-state index in [0.29, 0.717) is 0 Å². The molecule has 0 spiro atoms. The van der Waals surface area contributed by atoms with Gasteiger partial charge in [-0.3, -0.25) is 4.90 Å². The molecule has 1 aliphatic rings. The number of hydrogen-bond acceptors (Lipinski definition) is 3. The van der Waals surface area contributed by atoms with Crippen molar-refractivity contribution >= 4 is 0 Å². The lowest BCUT2D eigenvalue weighted by Gasteiger charge is -2.21. The van der Waals surface area contributed by atoms with Crippen molar-refractivity contribution in [3.63, 3.8) is 0 Å². The SMILES string of the molecule is COc1cccc(CN(CCCN)C2CC2)c1. The molecule has 1 aliphatic carbocycles. The maximum Gasteiger partial charge on any atom is 0.119 e. The monoisotopic (exact) mass is 234 g/mol. The Labute approximate surface area is 104 Å². The summed E-state index contributed by atoms with van der Waals surface area (Å²) in [7, 11) is 1.71. The highest BCUT2D eigenvalue weighted by atomic mass is 16.5. The van der Waals surface area contributed by atoms with E-state index in [0.717, 1.165) is 37.8 Å². The Kier molecular flexibility index (Phi) is 4.40. The fourth-order valence-corrected chi connectivity index (χ4v) is 2.13. The van der Waals surface area contributed by atoms with Crippen LogP contribution in [0.5, 0.6) is 5.75 Å². The van der Waals surface area contributed by atoms with Gasteiger partial charge in [0.25, 0.3) is 0 Å². The Morgan fingerprint density at radius 1 is 1.41 bits per heavy atom. The molecule has 0 atom stereocenters. The van der Waals surface area contributed by atoms with Crippen LogP contribution in [0.25, 0.3) is 0 Å². The second-order valence-electron chi connectivity index (χ2n) is 4.70. The zero-order chi connectivity index (χ0) is 12.1. The third-order valence-corrected chi connectivity index (χ3v) is 3.23. The van der Waals surface area contributed by atoms with Crippen LogP contribution in [-0.2, 0) is 6.54 Å². The zero-order valence-electron chi connectivity index (χ0n) is 10.6. The first-order chi connectivity index (χ1) is 8.33. The van der Waals surface area contributed by atoms with Gasteiger partial charge in [-0.05, 0) is 50.0 Å². The normalized spacial score (nSPS) is 15.2. The first-order valence-corrected chi connectivity index (χ1v) is 6.40.